The van der Waals surface area contributed by atoms with Crippen LogP contribution in [-0.2, 0) is 10.3 Å². The van der Waals surface area contributed by atoms with Gasteiger partial charge in [-0.1, -0.05) is 29.8 Å². The molecule has 1 saturated heterocycles. The number of rotatable bonds is 1. The molecule has 0 aromatic heterocycles. The monoisotopic (exact) mass is 176 g/mol. The fourth-order valence-corrected chi connectivity index (χ4v) is 1.91. The summed E-state index contributed by atoms with van der Waals surface area (Å²) in [6.45, 7) is 5.21. The molecule has 1 fully saturated rings. The van der Waals surface area contributed by atoms with E-state index >= 15 is 0 Å². The third-order valence-electron chi connectivity index (χ3n) is 2.88. The summed E-state index contributed by atoms with van der Waals surface area (Å²) in [5.74, 6) is 0. The van der Waals surface area contributed by atoms with E-state index in [1.807, 2.05) is 0 Å². The van der Waals surface area contributed by atoms with Crippen molar-refractivity contribution in [1.29, 1.82) is 0 Å². The molecule has 1 nitrogen and oxygen atoms in total. The Morgan fingerprint density at radius 2 is 1.92 bits per heavy atom. The highest BCUT2D eigenvalue weighted by atomic mass is 16.5. The van der Waals surface area contributed by atoms with Gasteiger partial charge in [0.1, 0.15) is 0 Å². The van der Waals surface area contributed by atoms with Gasteiger partial charge in [-0.25, -0.2) is 0 Å². The first-order valence-corrected chi connectivity index (χ1v) is 4.92. The van der Waals surface area contributed by atoms with Gasteiger partial charge in [0.25, 0.3) is 0 Å². The number of aryl methyl sites for hydroxylation is 1. The summed E-state index contributed by atoms with van der Waals surface area (Å²) < 4.78 is 5.77. The van der Waals surface area contributed by atoms with Gasteiger partial charge in [-0.15, -0.1) is 0 Å². The summed E-state index contributed by atoms with van der Waals surface area (Å²) in [5.41, 5.74) is 2.61. The molecule has 1 atom stereocenters. The molecule has 0 unspecified atom stereocenters. The van der Waals surface area contributed by atoms with E-state index in [0.29, 0.717) is 0 Å². The molecule has 0 aliphatic carbocycles. The lowest BCUT2D eigenvalue weighted by atomic mass is 9.92. The average molecular weight is 176 g/mol. The Balaban J connectivity index is 2.29. The van der Waals surface area contributed by atoms with Gasteiger partial charge in [-0.05, 0) is 32.3 Å². The van der Waals surface area contributed by atoms with Crippen LogP contribution < -0.4 is 0 Å². The van der Waals surface area contributed by atoms with E-state index in [1.54, 1.807) is 0 Å². The molecule has 13 heavy (non-hydrogen) atoms. The zero-order chi connectivity index (χ0) is 9.31. The summed E-state index contributed by atoms with van der Waals surface area (Å²) in [6.07, 6.45) is 2.33. The SMILES string of the molecule is Cc1ccc([C@]2(C)CCCO2)cc1. The Hall–Kier alpha value is -0.820. The minimum atomic E-state index is -0.0201. The fraction of sp³-hybridized carbons (Fsp3) is 0.500. The van der Waals surface area contributed by atoms with Crippen molar-refractivity contribution < 1.29 is 4.74 Å². The van der Waals surface area contributed by atoms with Crippen molar-refractivity contribution >= 4 is 0 Å². The van der Waals surface area contributed by atoms with Crippen molar-refractivity contribution in [3.05, 3.63) is 35.4 Å². The molecule has 1 aliphatic heterocycles. The second kappa shape index (κ2) is 3.15. The van der Waals surface area contributed by atoms with Crippen LogP contribution in [0.25, 0.3) is 0 Å². The molecule has 0 spiro atoms. The molecule has 0 radical (unpaired) electrons. The minimum Gasteiger partial charge on any atom is -0.371 e. The molecule has 0 saturated carbocycles. The molecule has 70 valence electrons. The molecule has 0 amide bonds. The van der Waals surface area contributed by atoms with E-state index < -0.39 is 0 Å². The summed E-state index contributed by atoms with van der Waals surface area (Å²) in [5, 5.41) is 0. The van der Waals surface area contributed by atoms with E-state index in [-0.39, 0.29) is 5.60 Å². The van der Waals surface area contributed by atoms with E-state index in [4.69, 9.17) is 4.74 Å². The van der Waals surface area contributed by atoms with Crippen LogP contribution in [0.1, 0.15) is 30.9 Å². The predicted octanol–water partition coefficient (Wildman–Crippen LogP) is 3.02. The highest BCUT2D eigenvalue weighted by Gasteiger charge is 2.31. The summed E-state index contributed by atoms with van der Waals surface area (Å²) >= 11 is 0. The van der Waals surface area contributed by atoms with Gasteiger partial charge in [0.05, 0.1) is 5.60 Å². The Morgan fingerprint density at radius 3 is 2.46 bits per heavy atom. The lowest BCUT2D eigenvalue weighted by Crippen LogP contribution is -2.19. The molecule has 2 rings (SSSR count). The Labute approximate surface area is 79.7 Å². The van der Waals surface area contributed by atoms with Crippen LogP contribution >= 0.6 is 0 Å². The lowest BCUT2D eigenvalue weighted by Gasteiger charge is -2.23. The third-order valence-corrected chi connectivity index (χ3v) is 2.88. The van der Waals surface area contributed by atoms with Crippen LogP contribution in [0, 0.1) is 6.92 Å². The number of ether oxygens (including phenoxy) is 1. The molecule has 1 aromatic rings. The van der Waals surface area contributed by atoms with Gasteiger partial charge < -0.3 is 4.74 Å². The smallest absolute Gasteiger partial charge is 0.0904 e. The lowest BCUT2D eigenvalue weighted by molar-refractivity contribution is 0.0168. The second-order valence-electron chi connectivity index (χ2n) is 4.05. The molecule has 0 N–H and O–H groups in total. The zero-order valence-electron chi connectivity index (χ0n) is 8.34. The Kier molecular flexibility index (Phi) is 2.12. The molecule has 0 bridgehead atoms. The summed E-state index contributed by atoms with van der Waals surface area (Å²) in [4.78, 5) is 0. The van der Waals surface area contributed by atoms with Crippen molar-refractivity contribution in [1.82, 2.24) is 0 Å². The molecular formula is C12H16O. The zero-order valence-corrected chi connectivity index (χ0v) is 8.34. The Bertz CT molecular complexity index is 280. The van der Waals surface area contributed by atoms with Crippen LogP contribution in [-0.4, -0.2) is 6.61 Å². The topological polar surface area (TPSA) is 9.23 Å². The molecule has 1 aliphatic rings. The maximum absolute atomic E-state index is 5.77. The van der Waals surface area contributed by atoms with E-state index in [1.165, 1.54) is 17.5 Å². The van der Waals surface area contributed by atoms with Crippen molar-refractivity contribution in [2.75, 3.05) is 6.61 Å². The third kappa shape index (κ3) is 1.61. The minimum absolute atomic E-state index is 0.0201. The second-order valence-corrected chi connectivity index (χ2v) is 4.05. The Morgan fingerprint density at radius 1 is 1.23 bits per heavy atom. The number of hydrogen-bond acceptors (Lipinski definition) is 1. The first kappa shape index (κ1) is 8.76. The summed E-state index contributed by atoms with van der Waals surface area (Å²) in [6, 6.07) is 8.67. The maximum atomic E-state index is 5.77. The van der Waals surface area contributed by atoms with Crippen LogP contribution in [0.5, 0.6) is 0 Å². The molecular weight excluding hydrogens is 160 g/mol. The fourth-order valence-electron chi connectivity index (χ4n) is 1.91. The maximum Gasteiger partial charge on any atom is 0.0904 e. The standard InChI is InChI=1S/C12H16O/c1-10-4-6-11(7-5-10)12(2)8-3-9-13-12/h4-7H,3,8-9H2,1-2H3/t12-/m0/s1. The number of benzene rings is 1. The van der Waals surface area contributed by atoms with Crippen molar-refractivity contribution in [3.63, 3.8) is 0 Å². The van der Waals surface area contributed by atoms with Crippen molar-refractivity contribution in [2.24, 2.45) is 0 Å². The van der Waals surface area contributed by atoms with Gasteiger partial charge in [0, 0.05) is 6.61 Å². The van der Waals surface area contributed by atoms with Crippen LogP contribution in [0.15, 0.2) is 24.3 Å². The molecule has 1 heterocycles. The van der Waals surface area contributed by atoms with Crippen LogP contribution in [0.2, 0.25) is 0 Å². The van der Waals surface area contributed by atoms with Crippen LogP contribution in [0.3, 0.4) is 0 Å². The van der Waals surface area contributed by atoms with E-state index in [2.05, 4.69) is 38.1 Å². The quantitative estimate of drug-likeness (QED) is 0.639. The molecule has 1 heteroatoms. The van der Waals surface area contributed by atoms with Crippen molar-refractivity contribution in [3.8, 4) is 0 Å². The van der Waals surface area contributed by atoms with Gasteiger partial charge >= 0.3 is 0 Å². The van der Waals surface area contributed by atoms with Gasteiger partial charge in [0.2, 0.25) is 0 Å². The number of hydrogen-bond donors (Lipinski definition) is 0. The van der Waals surface area contributed by atoms with Gasteiger partial charge in [-0.3, -0.25) is 0 Å². The first-order valence-electron chi connectivity index (χ1n) is 4.92. The largest absolute Gasteiger partial charge is 0.371 e. The molecule has 1 aromatic carbocycles. The van der Waals surface area contributed by atoms with Crippen molar-refractivity contribution in [2.45, 2.75) is 32.3 Å². The average Bonchev–Trinajstić information content (AvgIpc) is 2.54. The predicted molar refractivity (Wildman–Crippen MR) is 53.7 cm³/mol. The van der Waals surface area contributed by atoms with E-state index in [0.717, 1.165) is 13.0 Å². The van der Waals surface area contributed by atoms with Gasteiger partial charge in [0.15, 0.2) is 0 Å². The van der Waals surface area contributed by atoms with E-state index in [9.17, 15) is 0 Å². The highest BCUT2D eigenvalue weighted by Crippen LogP contribution is 2.35. The van der Waals surface area contributed by atoms with Crippen LogP contribution in [0.4, 0.5) is 0 Å². The summed E-state index contributed by atoms with van der Waals surface area (Å²) in [7, 11) is 0. The normalized spacial score (nSPS) is 27.8. The first-order chi connectivity index (χ1) is 6.21. The highest BCUT2D eigenvalue weighted by molar-refractivity contribution is 5.26. The van der Waals surface area contributed by atoms with Gasteiger partial charge in [-0.2, -0.15) is 0 Å².